The second kappa shape index (κ2) is 5.83. The zero-order valence-electron chi connectivity index (χ0n) is 15.1. The highest BCUT2D eigenvalue weighted by Crippen LogP contribution is 2.64. The molecule has 2 atom stereocenters. The monoisotopic (exact) mass is 433 g/mol. The van der Waals surface area contributed by atoms with Crippen LogP contribution in [-0.2, 0) is 10.3 Å². The van der Waals surface area contributed by atoms with Gasteiger partial charge < -0.3 is 5.32 Å². The van der Waals surface area contributed by atoms with Gasteiger partial charge >= 0.3 is 0 Å². The summed E-state index contributed by atoms with van der Waals surface area (Å²) in [6.07, 6.45) is 5.59. The van der Waals surface area contributed by atoms with Gasteiger partial charge in [-0.05, 0) is 80.7 Å². The third-order valence-electron chi connectivity index (χ3n) is 6.63. The van der Waals surface area contributed by atoms with Crippen LogP contribution in [0.15, 0.2) is 22.7 Å². The molecule has 1 amide bonds. The Morgan fingerprint density at radius 1 is 1.30 bits per heavy atom. The summed E-state index contributed by atoms with van der Waals surface area (Å²) >= 11 is 3.25. The Bertz CT molecular complexity index is 915. The van der Waals surface area contributed by atoms with Crippen molar-refractivity contribution in [3.8, 4) is 0 Å². The fourth-order valence-corrected chi connectivity index (χ4v) is 6.38. The average Bonchev–Trinajstić information content (AvgIpc) is 3.03. The van der Waals surface area contributed by atoms with Crippen molar-refractivity contribution < 1.29 is 9.18 Å². The molecule has 1 heterocycles. The number of aromatic nitrogens is 4. The largest absolute Gasteiger partial charge is 0.323 e. The maximum absolute atomic E-state index is 14.2. The van der Waals surface area contributed by atoms with Gasteiger partial charge in [0.15, 0.2) is 5.82 Å². The Kier molecular flexibility index (Phi) is 3.73. The number of nitrogens with one attached hydrogen (secondary N) is 1. The number of carbonyl (C=O) groups is 1. The van der Waals surface area contributed by atoms with E-state index in [1.807, 2.05) is 6.92 Å². The predicted octanol–water partition coefficient (Wildman–Crippen LogP) is 3.82. The van der Waals surface area contributed by atoms with E-state index in [0.717, 1.165) is 32.1 Å². The summed E-state index contributed by atoms with van der Waals surface area (Å²) in [6, 6.07) is 4.72. The molecule has 2 aromatic rings. The van der Waals surface area contributed by atoms with Crippen molar-refractivity contribution in [3.05, 3.63) is 34.3 Å². The molecule has 27 heavy (non-hydrogen) atoms. The highest BCUT2D eigenvalue weighted by atomic mass is 79.9. The third kappa shape index (κ3) is 2.71. The number of halogens is 2. The molecule has 142 valence electrons. The Hall–Kier alpha value is -1.83. The lowest BCUT2D eigenvalue weighted by Crippen LogP contribution is -2.60. The molecule has 0 unspecified atom stereocenters. The summed E-state index contributed by atoms with van der Waals surface area (Å²) in [5.74, 6) is 1.13. The molecule has 1 N–H and O–H groups in total. The van der Waals surface area contributed by atoms with Crippen LogP contribution in [0, 0.1) is 30.0 Å². The van der Waals surface area contributed by atoms with Gasteiger partial charge in [-0.15, -0.1) is 10.2 Å². The summed E-state index contributed by atoms with van der Waals surface area (Å²) in [5, 5.41) is 15.7. The van der Waals surface area contributed by atoms with Crippen LogP contribution in [0.4, 0.5) is 10.1 Å². The molecule has 4 aliphatic carbocycles. The summed E-state index contributed by atoms with van der Waals surface area (Å²) in [7, 11) is 0. The van der Waals surface area contributed by atoms with Gasteiger partial charge in [0.25, 0.3) is 0 Å². The van der Waals surface area contributed by atoms with Crippen molar-refractivity contribution in [1.29, 1.82) is 0 Å². The van der Waals surface area contributed by atoms with E-state index in [1.165, 1.54) is 6.07 Å². The smallest absolute Gasteiger partial charge is 0.230 e. The highest BCUT2D eigenvalue weighted by Gasteiger charge is 2.62. The van der Waals surface area contributed by atoms with Crippen molar-refractivity contribution in [2.24, 2.45) is 17.3 Å². The van der Waals surface area contributed by atoms with Gasteiger partial charge in [0.2, 0.25) is 5.91 Å². The Morgan fingerprint density at radius 2 is 2.04 bits per heavy atom. The van der Waals surface area contributed by atoms with E-state index in [0.29, 0.717) is 28.6 Å². The second-order valence-electron chi connectivity index (χ2n) is 8.67. The molecule has 1 aromatic carbocycles. The molecule has 4 fully saturated rings. The number of rotatable bonds is 3. The maximum atomic E-state index is 14.2. The van der Waals surface area contributed by atoms with Gasteiger partial charge in [0.1, 0.15) is 5.82 Å². The molecule has 1 aromatic heterocycles. The Labute approximate surface area is 165 Å². The van der Waals surface area contributed by atoms with E-state index in [-0.39, 0.29) is 17.1 Å². The van der Waals surface area contributed by atoms with Gasteiger partial charge in [0.05, 0.1) is 16.6 Å². The SMILES string of the molecule is Cc1nnn(C23C[C@H]4C[C@@H](CC(C(=O)Nc5ccc(Br)cc5F)(C4)C2)C3)n1. The minimum absolute atomic E-state index is 0.0703. The first-order chi connectivity index (χ1) is 12.9. The van der Waals surface area contributed by atoms with Crippen LogP contribution in [0.5, 0.6) is 0 Å². The van der Waals surface area contributed by atoms with Crippen LogP contribution in [0.1, 0.15) is 44.3 Å². The maximum Gasteiger partial charge on any atom is 0.230 e. The molecular formula is C19H21BrFN5O. The third-order valence-corrected chi connectivity index (χ3v) is 7.12. The lowest BCUT2D eigenvalue weighted by atomic mass is 9.46. The van der Waals surface area contributed by atoms with Crippen LogP contribution in [0.25, 0.3) is 0 Å². The van der Waals surface area contributed by atoms with Gasteiger partial charge in [-0.25, -0.2) is 4.39 Å². The van der Waals surface area contributed by atoms with E-state index in [4.69, 9.17) is 0 Å². The molecule has 0 radical (unpaired) electrons. The standard InChI is InChI=1S/C19H21BrFN5O/c1-11-23-25-26(24-11)19-8-12-4-13(9-19)7-18(6-12,10-19)17(27)22-16-3-2-14(20)5-15(16)21/h2-3,5,12-13H,4,6-10H2,1H3,(H,22,27)/t12-,13-,18?,19?/m0/s1. The van der Waals surface area contributed by atoms with Crippen LogP contribution < -0.4 is 5.32 Å². The number of nitrogens with zero attached hydrogens (tertiary/aromatic N) is 4. The molecule has 0 saturated heterocycles. The zero-order chi connectivity index (χ0) is 18.8. The summed E-state index contributed by atoms with van der Waals surface area (Å²) in [4.78, 5) is 15.1. The predicted molar refractivity (Wildman–Crippen MR) is 100 cm³/mol. The molecule has 6 rings (SSSR count). The first kappa shape index (κ1) is 17.3. The lowest BCUT2D eigenvalue weighted by Gasteiger charge is -2.60. The first-order valence-corrected chi connectivity index (χ1v) is 10.2. The highest BCUT2D eigenvalue weighted by molar-refractivity contribution is 9.10. The van der Waals surface area contributed by atoms with Gasteiger partial charge in [-0.1, -0.05) is 15.9 Å². The first-order valence-electron chi connectivity index (χ1n) is 9.41. The minimum Gasteiger partial charge on any atom is -0.323 e. The molecule has 4 bridgehead atoms. The fourth-order valence-electron chi connectivity index (χ4n) is 6.04. The second-order valence-corrected chi connectivity index (χ2v) is 9.59. The molecule has 4 saturated carbocycles. The number of anilines is 1. The van der Waals surface area contributed by atoms with E-state index in [1.54, 1.807) is 16.9 Å². The van der Waals surface area contributed by atoms with Crippen molar-refractivity contribution in [1.82, 2.24) is 20.2 Å². The topological polar surface area (TPSA) is 72.7 Å². The summed E-state index contributed by atoms with van der Waals surface area (Å²) < 4.78 is 14.9. The lowest BCUT2D eigenvalue weighted by molar-refractivity contribution is -0.152. The number of carbonyl (C=O) groups excluding carboxylic acids is 1. The van der Waals surface area contributed by atoms with Gasteiger partial charge in [-0.2, -0.15) is 4.80 Å². The van der Waals surface area contributed by atoms with Crippen LogP contribution in [-0.4, -0.2) is 26.1 Å². The number of hydrogen-bond donors (Lipinski definition) is 1. The number of tetrazole rings is 1. The number of amides is 1. The number of benzene rings is 1. The van der Waals surface area contributed by atoms with Crippen LogP contribution in [0.3, 0.4) is 0 Å². The van der Waals surface area contributed by atoms with Crippen molar-refractivity contribution >= 4 is 27.5 Å². The molecule has 0 aliphatic heterocycles. The number of aryl methyl sites for hydroxylation is 1. The number of hydrogen-bond acceptors (Lipinski definition) is 4. The van der Waals surface area contributed by atoms with Crippen LogP contribution >= 0.6 is 15.9 Å². The van der Waals surface area contributed by atoms with E-state index >= 15 is 0 Å². The molecule has 4 aliphatic rings. The van der Waals surface area contributed by atoms with Crippen molar-refractivity contribution in [2.75, 3.05) is 5.32 Å². The Balaban J connectivity index is 1.47. The molecule has 8 heteroatoms. The van der Waals surface area contributed by atoms with Gasteiger partial charge in [0, 0.05) is 4.47 Å². The molecular weight excluding hydrogens is 413 g/mol. The van der Waals surface area contributed by atoms with Crippen molar-refractivity contribution in [2.45, 2.75) is 51.0 Å². The van der Waals surface area contributed by atoms with E-state index in [9.17, 15) is 9.18 Å². The Morgan fingerprint density at radius 3 is 2.67 bits per heavy atom. The van der Waals surface area contributed by atoms with E-state index < -0.39 is 11.2 Å². The zero-order valence-corrected chi connectivity index (χ0v) is 16.7. The fraction of sp³-hybridized carbons (Fsp3) is 0.579. The summed E-state index contributed by atoms with van der Waals surface area (Å²) in [5.41, 5.74) is -0.478. The molecule has 0 spiro atoms. The minimum atomic E-state index is -0.481. The quantitative estimate of drug-likeness (QED) is 0.798. The van der Waals surface area contributed by atoms with E-state index in [2.05, 4.69) is 36.7 Å². The normalized spacial score (nSPS) is 34.0. The molecule has 6 nitrogen and oxygen atoms in total. The van der Waals surface area contributed by atoms with Crippen molar-refractivity contribution in [3.63, 3.8) is 0 Å². The van der Waals surface area contributed by atoms with Crippen LogP contribution in [0.2, 0.25) is 0 Å². The summed E-state index contributed by atoms with van der Waals surface area (Å²) in [6.45, 7) is 1.84. The average molecular weight is 434 g/mol. The van der Waals surface area contributed by atoms with Gasteiger partial charge in [-0.3, -0.25) is 4.79 Å².